The van der Waals surface area contributed by atoms with Crippen LogP contribution in [0.1, 0.15) is 44.5 Å². The van der Waals surface area contributed by atoms with Gasteiger partial charge in [-0.05, 0) is 55.9 Å². The normalized spacial score (nSPS) is 11.1. The summed E-state index contributed by atoms with van der Waals surface area (Å²) in [6.07, 6.45) is 2.59. The summed E-state index contributed by atoms with van der Waals surface area (Å²) in [6, 6.07) is 19.4. The van der Waals surface area contributed by atoms with Crippen LogP contribution in [-0.4, -0.2) is 40.0 Å². The molecule has 0 spiro atoms. The van der Waals surface area contributed by atoms with Crippen LogP contribution in [-0.2, 0) is 24.4 Å². The number of halogens is 2. The number of primary amides is 1. The van der Waals surface area contributed by atoms with Crippen LogP contribution in [0.3, 0.4) is 0 Å². The molecular formula is C34H30F2N4O5. The number of hydrogen-bond acceptors (Lipinski definition) is 7. The smallest absolute Gasteiger partial charge is 0.343 e. The van der Waals surface area contributed by atoms with Crippen molar-refractivity contribution >= 4 is 22.8 Å². The van der Waals surface area contributed by atoms with Crippen LogP contribution in [0.5, 0.6) is 11.5 Å². The third kappa shape index (κ3) is 6.89. The largest absolute Gasteiger partial charge is 0.462 e. The molecular weight excluding hydrogens is 582 g/mol. The first-order valence-electron chi connectivity index (χ1n) is 14.1. The second-order valence-electron chi connectivity index (χ2n) is 10.4. The third-order valence-electron chi connectivity index (χ3n) is 7.14. The molecule has 45 heavy (non-hydrogen) atoms. The highest BCUT2D eigenvalue weighted by molar-refractivity contribution is 5.95. The highest BCUT2D eigenvalue weighted by atomic mass is 19.1. The van der Waals surface area contributed by atoms with Gasteiger partial charge in [0, 0.05) is 30.4 Å². The molecule has 9 nitrogen and oxygen atoms in total. The molecule has 0 aliphatic heterocycles. The number of pyridine rings is 2. The number of rotatable bonds is 11. The summed E-state index contributed by atoms with van der Waals surface area (Å²) in [5.74, 6) is -2.56. The van der Waals surface area contributed by atoms with E-state index in [0.29, 0.717) is 17.6 Å². The van der Waals surface area contributed by atoms with E-state index < -0.39 is 28.9 Å². The molecule has 2 N–H and O–H groups in total. The van der Waals surface area contributed by atoms with Gasteiger partial charge in [-0.25, -0.2) is 18.6 Å². The van der Waals surface area contributed by atoms with Crippen LogP contribution in [0.2, 0.25) is 0 Å². The predicted octanol–water partition coefficient (Wildman–Crippen LogP) is 5.42. The Hall–Kier alpha value is -5.42. The molecule has 11 heteroatoms. The van der Waals surface area contributed by atoms with Gasteiger partial charge in [-0.1, -0.05) is 36.4 Å². The molecule has 2 heterocycles. The zero-order chi connectivity index (χ0) is 32.1. The first-order valence-corrected chi connectivity index (χ1v) is 14.1. The number of nitrogens with two attached hydrogens (primary N) is 1. The number of benzene rings is 3. The van der Waals surface area contributed by atoms with Crippen molar-refractivity contribution in [3.8, 4) is 11.5 Å². The number of carbonyl (C=O) groups is 2. The average molecular weight is 613 g/mol. The molecule has 1 amide bonds. The fourth-order valence-electron chi connectivity index (χ4n) is 5.05. The summed E-state index contributed by atoms with van der Waals surface area (Å²) in [4.78, 5) is 44.6. The molecule has 0 fully saturated rings. The average Bonchev–Trinajstić information content (AvgIpc) is 3.01. The second-order valence-corrected chi connectivity index (χ2v) is 10.4. The Balaban J connectivity index is 1.71. The van der Waals surface area contributed by atoms with Gasteiger partial charge in [0.1, 0.15) is 34.4 Å². The summed E-state index contributed by atoms with van der Waals surface area (Å²) in [6.45, 7) is 2.02. The number of nitrogens with zero attached hydrogens (tertiary/aromatic N) is 3. The lowest BCUT2D eigenvalue weighted by Crippen LogP contribution is -2.24. The van der Waals surface area contributed by atoms with Gasteiger partial charge in [-0.3, -0.25) is 14.5 Å². The predicted molar refractivity (Wildman–Crippen MR) is 164 cm³/mol. The lowest BCUT2D eigenvalue weighted by Gasteiger charge is -2.22. The Labute approximate surface area is 257 Å². The van der Waals surface area contributed by atoms with E-state index in [1.54, 1.807) is 19.1 Å². The minimum atomic E-state index is -0.867. The van der Waals surface area contributed by atoms with Crippen molar-refractivity contribution in [3.05, 3.63) is 135 Å². The Morgan fingerprint density at radius 2 is 1.67 bits per heavy atom. The number of aromatic nitrogens is 2. The van der Waals surface area contributed by atoms with E-state index in [9.17, 15) is 23.2 Å². The van der Waals surface area contributed by atoms with E-state index in [2.05, 4.69) is 4.98 Å². The topological polar surface area (TPSA) is 117 Å². The molecule has 5 aromatic rings. The molecule has 0 aliphatic carbocycles. The monoisotopic (exact) mass is 612 g/mol. The summed E-state index contributed by atoms with van der Waals surface area (Å²) in [5.41, 5.74) is 5.98. The highest BCUT2D eigenvalue weighted by Gasteiger charge is 2.23. The number of esters is 1. The van der Waals surface area contributed by atoms with Gasteiger partial charge in [0.2, 0.25) is 5.43 Å². The fourth-order valence-corrected chi connectivity index (χ4v) is 5.05. The van der Waals surface area contributed by atoms with Crippen molar-refractivity contribution in [2.45, 2.75) is 26.6 Å². The van der Waals surface area contributed by atoms with Crippen LogP contribution in [0.4, 0.5) is 8.78 Å². The zero-order valence-corrected chi connectivity index (χ0v) is 24.6. The van der Waals surface area contributed by atoms with E-state index in [0.717, 1.165) is 17.7 Å². The van der Waals surface area contributed by atoms with E-state index in [4.69, 9.17) is 15.2 Å². The minimum Gasteiger partial charge on any atom is -0.462 e. The van der Waals surface area contributed by atoms with Crippen molar-refractivity contribution in [1.29, 1.82) is 0 Å². The molecule has 230 valence electrons. The highest BCUT2D eigenvalue weighted by Crippen LogP contribution is 2.32. The number of carbonyl (C=O) groups excluding carboxylic acids is 2. The Bertz CT molecular complexity index is 1910. The van der Waals surface area contributed by atoms with Crippen molar-refractivity contribution in [2.75, 3.05) is 13.7 Å². The van der Waals surface area contributed by atoms with E-state index in [-0.39, 0.29) is 53.4 Å². The maximum atomic E-state index is 14.8. The number of hydrogen-bond donors (Lipinski definition) is 1. The van der Waals surface area contributed by atoms with Gasteiger partial charge in [0.25, 0.3) is 5.91 Å². The minimum absolute atomic E-state index is 0.0162. The van der Waals surface area contributed by atoms with Crippen molar-refractivity contribution < 1.29 is 27.8 Å². The number of fused-ring (bicyclic) bond motifs is 1. The van der Waals surface area contributed by atoms with Gasteiger partial charge in [-0.2, -0.15) is 0 Å². The molecule has 2 aromatic heterocycles. The Morgan fingerprint density at radius 1 is 0.933 bits per heavy atom. The second kappa shape index (κ2) is 13.5. The lowest BCUT2D eigenvalue weighted by molar-refractivity contribution is 0.0524. The van der Waals surface area contributed by atoms with Gasteiger partial charge < -0.3 is 19.8 Å². The van der Waals surface area contributed by atoms with E-state index in [1.165, 1.54) is 35.2 Å². The summed E-state index contributed by atoms with van der Waals surface area (Å²) < 4.78 is 42.4. The number of amides is 1. The zero-order valence-electron chi connectivity index (χ0n) is 24.6. The maximum Gasteiger partial charge on any atom is 0.343 e. The van der Waals surface area contributed by atoms with Gasteiger partial charge in [-0.15, -0.1) is 0 Å². The van der Waals surface area contributed by atoms with E-state index in [1.807, 2.05) is 42.3 Å². The SMILES string of the molecule is CCOC(=O)c1cn(Cc2c(F)cccc2F)c2ccc(Oc3ccc(C(N)=O)nc3)c(CN(C)Cc3ccccc3)c2c1=O. The van der Waals surface area contributed by atoms with Gasteiger partial charge in [0.15, 0.2) is 0 Å². The lowest BCUT2D eigenvalue weighted by atomic mass is 10.0. The van der Waals surface area contributed by atoms with Gasteiger partial charge >= 0.3 is 5.97 Å². The summed E-state index contributed by atoms with van der Waals surface area (Å²) >= 11 is 0. The van der Waals surface area contributed by atoms with Crippen molar-refractivity contribution in [1.82, 2.24) is 14.5 Å². The quantitative estimate of drug-likeness (QED) is 0.198. The Morgan fingerprint density at radius 3 is 2.31 bits per heavy atom. The number of ether oxygens (including phenoxy) is 2. The summed E-state index contributed by atoms with van der Waals surface area (Å²) in [5, 5.41) is 0.122. The van der Waals surface area contributed by atoms with Crippen LogP contribution in [0, 0.1) is 11.6 Å². The molecule has 0 bridgehead atoms. The molecule has 0 saturated carbocycles. The standard InChI is InChI=1S/C34H30F2N4O5/c1-3-44-34(43)25-20-40(19-23-26(35)10-7-11-27(23)36)29-14-15-30(45-22-12-13-28(33(37)42)38-16-22)24(31(29)32(25)41)18-39(2)17-21-8-5-4-6-9-21/h4-16,20H,3,17-19H2,1-2H3,(H2,37,42). The van der Waals surface area contributed by atoms with Gasteiger partial charge in [0.05, 0.1) is 30.3 Å². The molecule has 0 atom stereocenters. The van der Waals surface area contributed by atoms with Crippen LogP contribution >= 0.6 is 0 Å². The molecule has 3 aromatic carbocycles. The fraction of sp³-hybridized carbons (Fsp3) is 0.176. The molecule has 0 radical (unpaired) electrons. The maximum absolute atomic E-state index is 14.8. The van der Waals surface area contributed by atoms with Crippen LogP contribution in [0.25, 0.3) is 10.9 Å². The molecule has 0 unspecified atom stereocenters. The van der Waals surface area contributed by atoms with Crippen molar-refractivity contribution in [3.63, 3.8) is 0 Å². The Kier molecular flexibility index (Phi) is 9.29. The van der Waals surface area contributed by atoms with Crippen molar-refractivity contribution in [2.24, 2.45) is 5.73 Å². The molecule has 0 aliphatic rings. The van der Waals surface area contributed by atoms with Crippen LogP contribution in [0.15, 0.2) is 90.0 Å². The van der Waals surface area contributed by atoms with E-state index >= 15 is 0 Å². The first kappa shape index (κ1) is 31.0. The summed E-state index contributed by atoms with van der Waals surface area (Å²) in [7, 11) is 1.86. The van der Waals surface area contributed by atoms with Crippen LogP contribution < -0.4 is 15.9 Å². The third-order valence-corrected chi connectivity index (χ3v) is 7.14. The molecule has 0 saturated heterocycles. The first-order chi connectivity index (χ1) is 21.7. The molecule has 5 rings (SSSR count).